The van der Waals surface area contributed by atoms with Gasteiger partial charge in [-0.25, -0.2) is 10.3 Å². The van der Waals surface area contributed by atoms with E-state index >= 15 is 0 Å². The Hall–Kier alpha value is -3.21. The molecule has 0 aliphatic rings. The molecular weight excluding hydrogens is 484 g/mol. The van der Waals surface area contributed by atoms with Crippen molar-refractivity contribution in [2.75, 3.05) is 7.11 Å². The lowest BCUT2D eigenvalue weighted by atomic mass is 9.99. The Morgan fingerprint density at radius 1 is 1.16 bits per heavy atom. The fourth-order valence-electron chi connectivity index (χ4n) is 2.87. The number of methoxy groups -OCH3 is 1. The molecule has 0 saturated carbocycles. The van der Waals surface area contributed by atoms with Crippen molar-refractivity contribution in [3.05, 3.63) is 76.3 Å². The molecule has 0 fully saturated rings. The molecule has 0 spiro atoms. The summed E-state index contributed by atoms with van der Waals surface area (Å²) >= 11 is 3.32. The first kappa shape index (κ1) is 25.1. The van der Waals surface area contributed by atoms with Gasteiger partial charge in [0.05, 0.1) is 6.10 Å². The summed E-state index contributed by atoms with van der Waals surface area (Å²) in [6.45, 7) is 0. The zero-order valence-electron chi connectivity index (χ0n) is 17.2. The van der Waals surface area contributed by atoms with E-state index in [0.717, 1.165) is 6.08 Å². The molecule has 170 valence electrons. The molecule has 32 heavy (non-hydrogen) atoms. The lowest BCUT2D eigenvalue weighted by Gasteiger charge is -2.27. The van der Waals surface area contributed by atoms with E-state index in [1.807, 2.05) is 0 Å². The number of phenolic OH excluding ortho intramolecular Hbond substituents is 1. The molecule has 4 N–H and O–H groups in total. The Morgan fingerprint density at radius 2 is 1.88 bits per heavy atom. The van der Waals surface area contributed by atoms with E-state index in [0.29, 0.717) is 17.3 Å². The molecular formula is C22H23BrN2O7. The number of allylic oxidation sites excluding steroid dienone is 1. The average molecular weight is 507 g/mol. The van der Waals surface area contributed by atoms with Crippen molar-refractivity contribution in [2.45, 2.75) is 25.0 Å². The predicted molar refractivity (Wildman–Crippen MR) is 118 cm³/mol. The standard InChI is InChI=1S/C22H23BrN2O7/c1-31-18(9-5-6-10-19(27)25-30)20(16-13-15(23)11-12-17(16)26)32-22(29)24-21(28)14-7-3-2-4-8-14/h2-4,6-8,10-13,18,20,26,30H,5,9H2,1H3,(H,25,27)(H,24,28,29)/b10-6+/t18-,20-/m0/s1. The number of hydroxylamine groups is 1. The topological polar surface area (TPSA) is 134 Å². The number of hydrogen-bond acceptors (Lipinski definition) is 7. The molecule has 10 heteroatoms. The van der Waals surface area contributed by atoms with Crippen molar-refractivity contribution < 1.29 is 34.2 Å². The zero-order chi connectivity index (χ0) is 23.5. The number of ether oxygens (including phenoxy) is 2. The van der Waals surface area contributed by atoms with Gasteiger partial charge in [-0.3, -0.25) is 20.1 Å². The Morgan fingerprint density at radius 3 is 2.53 bits per heavy atom. The number of phenols is 1. The summed E-state index contributed by atoms with van der Waals surface area (Å²) < 4.78 is 11.6. The highest BCUT2D eigenvalue weighted by Gasteiger charge is 2.30. The number of carbonyl (C=O) groups is 3. The minimum Gasteiger partial charge on any atom is -0.508 e. The van der Waals surface area contributed by atoms with Gasteiger partial charge in [-0.15, -0.1) is 0 Å². The highest BCUT2D eigenvalue weighted by Crippen LogP contribution is 2.34. The quantitative estimate of drug-likeness (QED) is 0.231. The van der Waals surface area contributed by atoms with Crippen LogP contribution in [0.4, 0.5) is 4.79 Å². The van der Waals surface area contributed by atoms with Crippen molar-refractivity contribution in [3.63, 3.8) is 0 Å². The highest BCUT2D eigenvalue weighted by atomic mass is 79.9. The summed E-state index contributed by atoms with van der Waals surface area (Å²) in [6, 6.07) is 12.8. The van der Waals surface area contributed by atoms with E-state index in [2.05, 4.69) is 21.2 Å². The van der Waals surface area contributed by atoms with Gasteiger partial charge in [0.25, 0.3) is 11.8 Å². The molecule has 0 bridgehead atoms. The lowest BCUT2D eigenvalue weighted by molar-refractivity contribution is -0.124. The van der Waals surface area contributed by atoms with Crippen LogP contribution >= 0.6 is 15.9 Å². The van der Waals surface area contributed by atoms with E-state index in [9.17, 15) is 19.5 Å². The maximum absolute atomic E-state index is 12.5. The molecule has 0 radical (unpaired) electrons. The summed E-state index contributed by atoms with van der Waals surface area (Å²) in [5.74, 6) is -1.45. The van der Waals surface area contributed by atoms with Crippen LogP contribution in [0.2, 0.25) is 0 Å². The molecule has 9 nitrogen and oxygen atoms in total. The molecule has 3 amide bonds. The zero-order valence-corrected chi connectivity index (χ0v) is 18.7. The van der Waals surface area contributed by atoms with Crippen LogP contribution in [-0.2, 0) is 14.3 Å². The number of benzene rings is 2. The fourth-order valence-corrected chi connectivity index (χ4v) is 3.25. The van der Waals surface area contributed by atoms with Gasteiger partial charge < -0.3 is 14.6 Å². The maximum Gasteiger partial charge on any atom is 0.414 e. The number of rotatable bonds is 9. The number of alkyl carbamates (subject to hydrolysis) is 1. The molecule has 2 rings (SSSR count). The number of nitrogens with one attached hydrogen (secondary N) is 2. The Kier molecular flexibility index (Phi) is 9.86. The number of hydrogen-bond donors (Lipinski definition) is 4. The molecule has 0 aliphatic heterocycles. The number of amides is 3. The van der Waals surface area contributed by atoms with Crippen LogP contribution in [-0.4, -0.2) is 41.4 Å². The summed E-state index contributed by atoms with van der Waals surface area (Å²) in [5.41, 5.74) is 2.03. The van der Waals surface area contributed by atoms with Gasteiger partial charge in [-0.1, -0.05) is 40.2 Å². The third-order valence-electron chi connectivity index (χ3n) is 4.42. The smallest absolute Gasteiger partial charge is 0.414 e. The van der Waals surface area contributed by atoms with Gasteiger partial charge in [0.1, 0.15) is 5.75 Å². The van der Waals surface area contributed by atoms with Crippen LogP contribution in [0.3, 0.4) is 0 Å². The number of halogens is 1. The monoisotopic (exact) mass is 506 g/mol. The maximum atomic E-state index is 12.5. The SMILES string of the molecule is CO[C@@H](CC/C=C/C(=O)NO)[C@@H](OC(=O)NC(=O)c1ccccc1)c1cc(Br)ccc1O. The van der Waals surface area contributed by atoms with E-state index in [-0.39, 0.29) is 16.9 Å². The minimum absolute atomic E-state index is 0.127. The van der Waals surface area contributed by atoms with Crippen molar-refractivity contribution >= 4 is 33.8 Å². The van der Waals surface area contributed by atoms with E-state index < -0.39 is 30.1 Å². The van der Waals surface area contributed by atoms with Crippen molar-refractivity contribution in [2.24, 2.45) is 0 Å². The van der Waals surface area contributed by atoms with Gasteiger partial charge in [0.15, 0.2) is 6.10 Å². The third-order valence-corrected chi connectivity index (χ3v) is 4.91. The Balaban J connectivity index is 2.20. The second kappa shape index (κ2) is 12.6. The second-order valence-electron chi connectivity index (χ2n) is 6.58. The van der Waals surface area contributed by atoms with Crippen LogP contribution in [0.5, 0.6) is 5.75 Å². The van der Waals surface area contributed by atoms with Crippen LogP contribution in [0.1, 0.15) is 34.9 Å². The first-order chi connectivity index (χ1) is 15.3. The van der Waals surface area contributed by atoms with Gasteiger partial charge in [0, 0.05) is 28.8 Å². The Labute approximate surface area is 193 Å². The molecule has 0 unspecified atom stereocenters. The van der Waals surface area contributed by atoms with E-state index in [4.69, 9.17) is 14.7 Å². The molecule has 0 saturated heterocycles. The summed E-state index contributed by atoms with van der Waals surface area (Å²) in [5, 5.41) is 21.0. The first-order valence-electron chi connectivity index (χ1n) is 9.54. The highest BCUT2D eigenvalue weighted by molar-refractivity contribution is 9.10. The Bertz CT molecular complexity index is 966. The van der Waals surface area contributed by atoms with Gasteiger partial charge in [0.2, 0.25) is 0 Å². The molecule has 0 aromatic heterocycles. The molecule has 0 aliphatic carbocycles. The van der Waals surface area contributed by atoms with Crippen molar-refractivity contribution in [3.8, 4) is 5.75 Å². The molecule has 2 atom stereocenters. The van der Waals surface area contributed by atoms with Crippen molar-refractivity contribution in [1.29, 1.82) is 0 Å². The van der Waals surface area contributed by atoms with Crippen LogP contribution in [0.15, 0.2) is 65.2 Å². The number of imide groups is 1. The van der Waals surface area contributed by atoms with Gasteiger partial charge in [-0.05, 0) is 43.2 Å². The molecule has 0 heterocycles. The van der Waals surface area contributed by atoms with Gasteiger partial charge in [-0.2, -0.15) is 0 Å². The lowest BCUT2D eigenvalue weighted by Crippen LogP contribution is -2.35. The van der Waals surface area contributed by atoms with Gasteiger partial charge >= 0.3 is 6.09 Å². The van der Waals surface area contributed by atoms with Crippen LogP contribution in [0, 0.1) is 0 Å². The molecule has 2 aromatic rings. The summed E-state index contributed by atoms with van der Waals surface area (Å²) in [6.07, 6.45) is 0.475. The minimum atomic E-state index is -1.07. The average Bonchev–Trinajstić information content (AvgIpc) is 2.80. The first-order valence-corrected chi connectivity index (χ1v) is 10.3. The third kappa shape index (κ3) is 7.49. The van der Waals surface area contributed by atoms with E-state index in [1.54, 1.807) is 42.5 Å². The second-order valence-corrected chi connectivity index (χ2v) is 7.49. The molecule has 2 aromatic carbocycles. The van der Waals surface area contributed by atoms with Crippen molar-refractivity contribution in [1.82, 2.24) is 10.8 Å². The summed E-state index contributed by atoms with van der Waals surface area (Å²) in [7, 11) is 1.41. The number of aromatic hydroxyl groups is 1. The predicted octanol–water partition coefficient (Wildman–Crippen LogP) is 3.62. The normalized spacial score (nSPS) is 12.7. The van der Waals surface area contributed by atoms with E-state index in [1.165, 1.54) is 24.7 Å². The largest absolute Gasteiger partial charge is 0.508 e. The van der Waals surface area contributed by atoms with Crippen LogP contribution < -0.4 is 10.8 Å². The fraction of sp³-hybridized carbons (Fsp3) is 0.227. The van der Waals surface area contributed by atoms with Crippen LogP contribution in [0.25, 0.3) is 0 Å². The number of carbonyl (C=O) groups excluding carboxylic acids is 3. The summed E-state index contributed by atoms with van der Waals surface area (Å²) in [4.78, 5) is 35.9.